The Labute approximate surface area is 229 Å². The fourth-order valence-electron chi connectivity index (χ4n) is 4.82. The van der Waals surface area contributed by atoms with Crippen LogP contribution in [0.2, 0.25) is 15.1 Å². The van der Waals surface area contributed by atoms with Gasteiger partial charge in [-0.1, -0.05) is 90.3 Å². The highest BCUT2D eigenvalue weighted by atomic mass is 35.5. The Morgan fingerprint density at radius 1 is 1.00 bits per heavy atom. The zero-order valence-corrected chi connectivity index (χ0v) is 22.4. The Morgan fingerprint density at radius 2 is 1.72 bits per heavy atom. The summed E-state index contributed by atoms with van der Waals surface area (Å²) < 4.78 is 0. The Morgan fingerprint density at radius 3 is 2.44 bits per heavy atom. The molecule has 0 spiro atoms. The van der Waals surface area contributed by atoms with Crippen LogP contribution in [0.4, 0.5) is 0 Å². The van der Waals surface area contributed by atoms with Crippen molar-refractivity contribution in [1.29, 1.82) is 0 Å². The number of hydrogen-bond donors (Lipinski definition) is 1. The van der Waals surface area contributed by atoms with Crippen LogP contribution >= 0.6 is 46.4 Å². The molecule has 0 radical (unpaired) electrons. The number of carbonyl (C=O) groups is 1. The molecule has 0 saturated carbocycles. The molecule has 3 nitrogen and oxygen atoms in total. The number of benzene rings is 3. The van der Waals surface area contributed by atoms with E-state index in [2.05, 4.69) is 41.2 Å². The molecule has 7 heteroatoms. The van der Waals surface area contributed by atoms with Gasteiger partial charge in [0.05, 0.1) is 5.70 Å². The van der Waals surface area contributed by atoms with Crippen molar-refractivity contribution in [3.8, 4) is 0 Å². The number of rotatable bonds is 5. The van der Waals surface area contributed by atoms with Crippen molar-refractivity contribution in [3.05, 3.63) is 116 Å². The van der Waals surface area contributed by atoms with Crippen molar-refractivity contribution in [2.75, 3.05) is 0 Å². The predicted octanol–water partition coefficient (Wildman–Crippen LogP) is 9.43. The van der Waals surface area contributed by atoms with E-state index in [1.165, 1.54) is 0 Å². The van der Waals surface area contributed by atoms with Crippen molar-refractivity contribution in [1.82, 2.24) is 9.88 Å². The lowest BCUT2D eigenvalue weighted by atomic mass is 9.87. The van der Waals surface area contributed by atoms with Gasteiger partial charge >= 0.3 is 0 Å². The lowest BCUT2D eigenvalue weighted by Crippen LogP contribution is -2.19. The highest BCUT2D eigenvalue weighted by Crippen LogP contribution is 2.43. The summed E-state index contributed by atoms with van der Waals surface area (Å²) in [6.45, 7) is 2.67. The Balaban J connectivity index is 1.84. The average molecular weight is 556 g/mol. The van der Waals surface area contributed by atoms with E-state index < -0.39 is 5.24 Å². The molecule has 0 saturated heterocycles. The zero-order chi connectivity index (χ0) is 25.4. The highest BCUT2D eigenvalue weighted by Gasteiger charge is 2.29. The van der Waals surface area contributed by atoms with Crippen LogP contribution in [0.3, 0.4) is 0 Å². The molecule has 1 unspecified atom stereocenters. The molecule has 4 aromatic rings. The predicted molar refractivity (Wildman–Crippen MR) is 152 cm³/mol. The van der Waals surface area contributed by atoms with Gasteiger partial charge in [0.2, 0.25) is 0 Å². The first-order valence-electron chi connectivity index (χ1n) is 11.5. The molecule has 182 valence electrons. The van der Waals surface area contributed by atoms with Gasteiger partial charge in [-0.25, -0.2) is 0 Å². The van der Waals surface area contributed by atoms with E-state index in [9.17, 15) is 4.79 Å². The molecule has 1 atom stereocenters. The molecular weight excluding hydrogens is 534 g/mol. The van der Waals surface area contributed by atoms with E-state index in [1.54, 1.807) is 6.07 Å². The standard InChI is InChI=1S/C29H22Cl4N2O/c1-17-6-5-13-35(16-19-9-10-20(30)14-23(19)32)28(25(17)18-7-3-2-4-8-18)26-22-12-11-21(31)15-24(22)34-27(26)29(33)36/h2-5,7-15,17,34H,6,16H2,1H3. The molecular formula is C29H22Cl4N2O. The summed E-state index contributed by atoms with van der Waals surface area (Å²) in [6.07, 6.45) is 5.04. The summed E-state index contributed by atoms with van der Waals surface area (Å²) in [5.74, 6) is 0.167. The third kappa shape index (κ3) is 4.81. The van der Waals surface area contributed by atoms with Crippen molar-refractivity contribution < 1.29 is 4.79 Å². The lowest BCUT2D eigenvalue weighted by molar-refractivity contribution is 0.107. The largest absolute Gasteiger partial charge is 0.350 e. The van der Waals surface area contributed by atoms with Crippen LogP contribution in [0.15, 0.2) is 79.0 Å². The molecule has 1 aromatic heterocycles. The maximum atomic E-state index is 12.7. The summed E-state index contributed by atoms with van der Waals surface area (Å²) in [5.41, 5.74) is 5.80. The van der Waals surface area contributed by atoms with Crippen molar-refractivity contribution in [3.63, 3.8) is 0 Å². The van der Waals surface area contributed by atoms with E-state index in [0.717, 1.165) is 45.3 Å². The SMILES string of the molecule is CC1CC=CN(Cc2ccc(Cl)cc2Cl)C(c2c(C(=O)Cl)[nH]c3cc(Cl)ccc23)=C1c1ccccc1. The van der Waals surface area contributed by atoms with Crippen LogP contribution < -0.4 is 0 Å². The number of aromatic amines is 1. The summed E-state index contributed by atoms with van der Waals surface area (Å²) in [6, 6.07) is 21.3. The molecule has 5 rings (SSSR count). The Bertz CT molecular complexity index is 1520. The van der Waals surface area contributed by atoms with Gasteiger partial charge in [0.15, 0.2) is 0 Å². The maximum absolute atomic E-state index is 12.7. The third-order valence-electron chi connectivity index (χ3n) is 6.44. The fraction of sp³-hybridized carbons (Fsp3) is 0.138. The smallest absolute Gasteiger partial charge is 0.269 e. The van der Waals surface area contributed by atoms with E-state index in [1.807, 2.05) is 48.5 Å². The number of halogens is 4. The van der Waals surface area contributed by atoms with Crippen LogP contribution in [0.25, 0.3) is 22.2 Å². The molecule has 36 heavy (non-hydrogen) atoms. The minimum absolute atomic E-state index is 0.167. The highest BCUT2D eigenvalue weighted by molar-refractivity contribution is 6.68. The molecule has 2 heterocycles. The van der Waals surface area contributed by atoms with Gasteiger partial charge in [0.25, 0.3) is 5.24 Å². The van der Waals surface area contributed by atoms with Gasteiger partial charge in [0, 0.05) is 44.3 Å². The first kappa shape index (κ1) is 25.0. The van der Waals surface area contributed by atoms with Gasteiger partial charge in [-0.15, -0.1) is 0 Å². The molecule has 0 amide bonds. The summed E-state index contributed by atoms with van der Waals surface area (Å²) in [5, 5.41) is 2.02. The van der Waals surface area contributed by atoms with E-state index in [0.29, 0.717) is 27.3 Å². The number of nitrogens with one attached hydrogen (secondary N) is 1. The van der Waals surface area contributed by atoms with Crippen molar-refractivity contribution in [2.45, 2.75) is 19.9 Å². The normalized spacial score (nSPS) is 16.0. The molecule has 0 fully saturated rings. The number of nitrogens with zero attached hydrogens (tertiary/aromatic N) is 1. The summed E-state index contributed by atoms with van der Waals surface area (Å²) in [7, 11) is 0. The molecule has 0 aliphatic carbocycles. The first-order chi connectivity index (χ1) is 17.3. The average Bonchev–Trinajstić information content (AvgIpc) is 3.14. The number of carbonyl (C=O) groups excluding carboxylic acids is 1. The van der Waals surface area contributed by atoms with Gasteiger partial charge in [-0.2, -0.15) is 0 Å². The first-order valence-corrected chi connectivity index (χ1v) is 13.0. The number of hydrogen-bond acceptors (Lipinski definition) is 2. The second-order valence-electron chi connectivity index (χ2n) is 8.85. The van der Waals surface area contributed by atoms with Gasteiger partial charge < -0.3 is 9.88 Å². The molecule has 3 aromatic carbocycles. The maximum Gasteiger partial charge on any atom is 0.269 e. The topological polar surface area (TPSA) is 36.1 Å². The minimum Gasteiger partial charge on any atom is -0.350 e. The molecule has 1 aliphatic rings. The van der Waals surface area contributed by atoms with Crippen molar-refractivity contribution in [2.24, 2.45) is 5.92 Å². The summed E-state index contributed by atoms with van der Waals surface area (Å²) in [4.78, 5) is 18.1. The number of H-pyrrole nitrogens is 1. The molecule has 1 aliphatic heterocycles. The molecule has 1 N–H and O–H groups in total. The van der Waals surface area contributed by atoms with E-state index >= 15 is 0 Å². The van der Waals surface area contributed by atoms with Crippen LogP contribution in [0, 0.1) is 5.92 Å². The van der Waals surface area contributed by atoms with Gasteiger partial charge in [-0.05, 0) is 64.9 Å². The van der Waals surface area contributed by atoms with Crippen LogP contribution in [0.1, 0.15) is 40.5 Å². The van der Waals surface area contributed by atoms with E-state index in [4.69, 9.17) is 46.4 Å². The number of fused-ring (bicyclic) bond motifs is 1. The van der Waals surface area contributed by atoms with Gasteiger partial charge in [-0.3, -0.25) is 4.79 Å². The second kappa shape index (κ2) is 10.4. The summed E-state index contributed by atoms with van der Waals surface area (Å²) >= 11 is 25.2. The number of aromatic nitrogens is 1. The lowest BCUT2D eigenvalue weighted by Gasteiger charge is -2.28. The fourth-order valence-corrected chi connectivity index (χ4v) is 5.60. The monoisotopic (exact) mass is 554 g/mol. The Kier molecular flexibility index (Phi) is 7.18. The Hall–Kier alpha value is -2.69. The number of allylic oxidation sites excluding steroid dienone is 2. The van der Waals surface area contributed by atoms with E-state index in [-0.39, 0.29) is 5.92 Å². The van der Waals surface area contributed by atoms with Crippen LogP contribution in [-0.4, -0.2) is 15.1 Å². The van der Waals surface area contributed by atoms with Crippen molar-refractivity contribution >= 4 is 73.8 Å². The second-order valence-corrected chi connectivity index (χ2v) is 10.5. The third-order valence-corrected chi connectivity index (χ3v) is 7.46. The van der Waals surface area contributed by atoms with Crippen LogP contribution in [0.5, 0.6) is 0 Å². The molecule has 0 bridgehead atoms. The minimum atomic E-state index is -0.567. The quantitative estimate of drug-likeness (QED) is 0.249. The zero-order valence-electron chi connectivity index (χ0n) is 19.4. The van der Waals surface area contributed by atoms with Gasteiger partial charge in [0.1, 0.15) is 5.69 Å². The van der Waals surface area contributed by atoms with Crippen LogP contribution in [-0.2, 0) is 6.54 Å².